The summed E-state index contributed by atoms with van der Waals surface area (Å²) in [5.74, 6) is -0.0494. The minimum absolute atomic E-state index is 0.0108. The van der Waals surface area contributed by atoms with Gasteiger partial charge >= 0.3 is 5.97 Å². The minimum Gasteiger partial charge on any atom is -0.466 e. The third-order valence-corrected chi connectivity index (χ3v) is 16.7. The summed E-state index contributed by atoms with van der Waals surface area (Å²) >= 11 is 0. The van der Waals surface area contributed by atoms with Gasteiger partial charge in [-0.25, -0.2) is 0 Å². The molecule has 0 aromatic heterocycles. The van der Waals surface area contributed by atoms with Gasteiger partial charge in [-0.1, -0.05) is 353 Å². The predicted molar refractivity (Wildman–Crippen MR) is 343 cm³/mol. The van der Waals surface area contributed by atoms with Gasteiger partial charge in [-0.05, 0) is 57.8 Å². The topological polar surface area (TPSA) is 95.9 Å². The standard InChI is InChI=1S/C72H139NO5/c1-3-5-7-9-11-13-15-17-18-19-35-38-41-44-48-52-56-60-64-70(75)69(68-74)73-71(76)65-61-57-53-49-45-42-39-36-33-31-29-27-25-23-21-20-22-24-26-28-30-32-34-37-40-43-47-51-55-59-63-67-78-72(77)66-62-58-54-50-46-16-14-12-10-8-6-4-2/h12,14,60,64,69-70,74-75H,3-11,13,15-59,61-63,65-68H2,1-2H3,(H,73,76)/b14-12-,64-60+. The SMILES string of the molecule is CCCCC/C=C\CCCCCCCC(=O)OCCCCCCCCCCCCCCCCCCCCCCCCCCCCCCCCCC(=O)NC(CO)C(O)/C=C/CCCCCCCCCCCCCCCCCC. The Morgan fingerprint density at radius 2 is 0.603 bits per heavy atom. The van der Waals surface area contributed by atoms with Crippen LogP contribution in [0.4, 0.5) is 0 Å². The second-order valence-corrected chi connectivity index (χ2v) is 24.6. The molecule has 0 aliphatic heterocycles. The summed E-state index contributed by atoms with van der Waals surface area (Å²) in [5.41, 5.74) is 0. The average molecular weight is 1100 g/mol. The van der Waals surface area contributed by atoms with Crippen molar-refractivity contribution in [2.45, 2.75) is 411 Å². The molecule has 0 heterocycles. The second-order valence-electron chi connectivity index (χ2n) is 24.6. The molecule has 0 aromatic carbocycles. The Kier molecular flexibility index (Phi) is 66.4. The summed E-state index contributed by atoms with van der Waals surface area (Å²) in [6.45, 7) is 4.92. The first-order valence-corrected chi connectivity index (χ1v) is 35.6. The largest absolute Gasteiger partial charge is 0.466 e. The lowest BCUT2D eigenvalue weighted by Crippen LogP contribution is -2.45. The molecule has 0 saturated carbocycles. The summed E-state index contributed by atoms with van der Waals surface area (Å²) in [6, 6.07) is -0.625. The fraction of sp³-hybridized carbons (Fsp3) is 0.917. The molecule has 0 fully saturated rings. The Labute approximate surface area is 488 Å². The van der Waals surface area contributed by atoms with Crippen LogP contribution in [-0.2, 0) is 14.3 Å². The van der Waals surface area contributed by atoms with Crippen LogP contribution in [0.2, 0.25) is 0 Å². The summed E-state index contributed by atoms with van der Waals surface area (Å²) in [6.07, 6.45) is 85.5. The highest BCUT2D eigenvalue weighted by atomic mass is 16.5. The van der Waals surface area contributed by atoms with Gasteiger partial charge in [0.05, 0.1) is 25.4 Å². The maximum atomic E-state index is 12.5. The molecule has 0 radical (unpaired) electrons. The normalized spacial score (nSPS) is 12.6. The first-order valence-electron chi connectivity index (χ1n) is 35.6. The average Bonchev–Trinajstić information content (AvgIpc) is 3.44. The molecule has 2 atom stereocenters. The van der Waals surface area contributed by atoms with Crippen LogP contribution in [0.3, 0.4) is 0 Å². The van der Waals surface area contributed by atoms with Crippen molar-refractivity contribution >= 4 is 11.9 Å². The number of esters is 1. The molecule has 0 spiro atoms. The van der Waals surface area contributed by atoms with Crippen LogP contribution in [0.5, 0.6) is 0 Å². The number of allylic oxidation sites excluding steroid dienone is 3. The van der Waals surface area contributed by atoms with E-state index < -0.39 is 12.1 Å². The molecular weight excluding hydrogens is 959 g/mol. The van der Waals surface area contributed by atoms with Gasteiger partial charge in [0.1, 0.15) is 0 Å². The molecule has 0 rings (SSSR count). The van der Waals surface area contributed by atoms with Crippen LogP contribution in [0, 0.1) is 0 Å². The summed E-state index contributed by atoms with van der Waals surface area (Å²) in [4.78, 5) is 24.5. The number of ether oxygens (including phenoxy) is 1. The van der Waals surface area contributed by atoms with Crippen LogP contribution < -0.4 is 5.32 Å². The van der Waals surface area contributed by atoms with E-state index in [-0.39, 0.29) is 18.5 Å². The number of carbonyl (C=O) groups excluding carboxylic acids is 2. The van der Waals surface area contributed by atoms with Crippen LogP contribution in [-0.4, -0.2) is 47.4 Å². The number of hydrogen-bond donors (Lipinski definition) is 3. The predicted octanol–water partition coefficient (Wildman–Crippen LogP) is 22.9. The highest BCUT2D eigenvalue weighted by molar-refractivity contribution is 5.76. The lowest BCUT2D eigenvalue weighted by Gasteiger charge is -2.20. The maximum Gasteiger partial charge on any atom is 0.305 e. The van der Waals surface area contributed by atoms with Gasteiger partial charge in [0.25, 0.3) is 0 Å². The van der Waals surface area contributed by atoms with E-state index in [0.29, 0.717) is 19.4 Å². The highest BCUT2D eigenvalue weighted by Crippen LogP contribution is 2.19. The fourth-order valence-corrected chi connectivity index (χ4v) is 11.3. The third-order valence-electron chi connectivity index (χ3n) is 16.7. The number of unbranched alkanes of at least 4 members (excludes halogenated alkanes) is 54. The minimum atomic E-state index is -0.842. The Bertz CT molecular complexity index is 1220. The molecule has 0 aliphatic carbocycles. The van der Waals surface area contributed by atoms with E-state index in [2.05, 4.69) is 31.3 Å². The second kappa shape index (κ2) is 67.8. The van der Waals surface area contributed by atoms with Gasteiger partial charge < -0.3 is 20.3 Å². The van der Waals surface area contributed by atoms with Crippen molar-refractivity contribution in [3.05, 3.63) is 24.3 Å². The number of aliphatic hydroxyl groups is 2. The van der Waals surface area contributed by atoms with Gasteiger partial charge in [-0.2, -0.15) is 0 Å². The van der Waals surface area contributed by atoms with E-state index in [0.717, 1.165) is 44.9 Å². The molecule has 2 unspecified atom stereocenters. The molecule has 462 valence electrons. The van der Waals surface area contributed by atoms with E-state index >= 15 is 0 Å². The van der Waals surface area contributed by atoms with Crippen molar-refractivity contribution in [2.75, 3.05) is 13.2 Å². The number of aliphatic hydroxyl groups excluding tert-OH is 2. The molecule has 6 nitrogen and oxygen atoms in total. The Hall–Kier alpha value is -1.66. The first-order chi connectivity index (χ1) is 38.5. The van der Waals surface area contributed by atoms with E-state index in [1.54, 1.807) is 6.08 Å². The molecule has 6 heteroatoms. The zero-order chi connectivity index (χ0) is 56.4. The van der Waals surface area contributed by atoms with Crippen LogP contribution in [0.1, 0.15) is 399 Å². The van der Waals surface area contributed by atoms with Crippen molar-refractivity contribution < 1.29 is 24.5 Å². The van der Waals surface area contributed by atoms with Crippen molar-refractivity contribution in [3.8, 4) is 0 Å². The first kappa shape index (κ1) is 76.3. The fourth-order valence-electron chi connectivity index (χ4n) is 11.3. The molecule has 1 amide bonds. The Morgan fingerprint density at radius 1 is 0.346 bits per heavy atom. The summed E-state index contributed by atoms with van der Waals surface area (Å²) < 4.78 is 5.48. The number of nitrogens with one attached hydrogen (secondary N) is 1. The molecule has 3 N–H and O–H groups in total. The lowest BCUT2D eigenvalue weighted by atomic mass is 10.0. The summed E-state index contributed by atoms with van der Waals surface area (Å²) in [7, 11) is 0. The van der Waals surface area contributed by atoms with Crippen molar-refractivity contribution in [1.82, 2.24) is 5.32 Å². The summed E-state index contributed by atoms with van der Waals surface area (Å²) in [5, 5.41) is 23.2. The zero-order valence-electron chi connectivity index (χ0n) is 52.9. The van der Waals surface area contributed by atoms with Gasteiger partial charge in [-0.3, -0.25) is 9.59 Å². The monoisotopic (exact) mass is 1100 g/mol. The van der Waals surface area contributed by atoms with Gasteiger partial charge in [0.2, 0.25) is 5.91 Å². The lowest BCUT2D eigenvalue weighted by molar-refractivity contribution is -0.143. The van der Waals surface area contributed by atoms with E-state index in [9.17, 15) is 19.8 Å². The third kappa shape index (κ3) is 63.5. The van der Waals surface area contributed by atoms with Gasteiger partial charge in [0, 0.05) is 12.8 Å². The van der Waals surface area contributed by atoms with E-state index in [1.165, 1.54) is 327 Å². The number of amides is 1. The molecule has 0 aliphatic rings. The maximum absolute atomic E-state index is 12.5. The Balaban J connectivity index is 3.35. The van der Waals surface area contributed by atoms with Gasteiger partial charge in [0.15, 0.2) is 0 Å². The van der Waals surface area contributed by atoms with Crippen molar-refractivity contribution in [2.24, 2.45) is 0 Å². The number of hydrogen-bond acceptors (Lipinski definition) is 5. The molecule has 78 heavy (non-hydrogen) atoms. The smallest absolute Gasteiger partial charge is 0.305 e. The van der Waals surface area contributed by atoms with Crippen molar-refractivity contribution in [1.29, 1.82) is 0 Å². The molecule has 0 bridgehead atoms. The highest BCUT2D eigenvalue weighted by Gasteiger charge is 2.18. The van der Waals surface area contributed by atoms with E-state index in [4.69, 9.17) is 4.74 Å². The van der Waals surface area contributed by atoms with Crippen LogP contribution >= 0.6 is 0 Å². The molecule has 0 saturated heterocycles. The van der Waals surface area contributed by atoms with Crippen molar-refractivity contribution in [3.63, 3.8) is 0 Å². The molecule has 0 aromatic rings. The number of carbonyl (C=O) groups is 2. The van der Waals surface area contributed by atoms with Gasteiger partial charge in [-0.15, -0.1) is 0 Å². The molecular formula is C72H139NO5. The number of rotatable bonds is 67. The quantitative estimate of drug-likeness (QED) is 0.0320. The van der Waals surface area contributed by atoms with Crippen LogP contribution in [0.15, 0.2) is 24.3 Å². The van der Waals surface area contributed by atoms with E-state index in [1.807, 2.05) is 6.08 Å². The van der Waals surface area contributed by atoms with Crippen LogP contribution in [0.25, 0.3) is 0 Å². The zero-order valence-corrected chi connectivity index (χ0v) is 52.9. The Morgan fingerprint density at radius 3 is 0.936 bits per heavy atom.